The number of phenolic OH excluding ortho intramolecular Hbond substituents is 1. The summed E-state index contributed by atoms with van der Waals surface area (Å²) < 4.78 is 58.8. The lowest BCUT2D eigenvalue weighted by molar-refractivity contribution is -0.608. The SMILES string of the molecule is Oc1ccc(F)c(C2=NCc3nccc[n+]3-c3ccc(F)c(F)c32)c1F. The Kier molecular flexibility index (Phi) is 3.68. The number of aliphatic imine (C=N–C) groups is 1. The number of fused-ring (bicyclic) bond motifs is 3. The number of hydrogen-bond donors (Lipinski definition) is 1. The van der Waals surface area contributed by atoms with Gasteiger partial charge >= 0.3 is 5.82 Å². The van der Waals surface area contributed by atoms with Crippen LogP contribution in [0.25, 0.3) is 5.69 Å². The summed E-state index contributed by atoms with van der Waals surface area (Å²) in [4.78, 5) is 8.20. The zero-order valence-electron chi connectivity index (χ0n) is 13.0. The summed E-state index contributed by atoms with van der Waals surface area (Å²) >= 11 is 0. The van der Waals surface area contributed by atoms with Gasteiger partial charge in [-0.2, -0.15) is 4.57 Å². The largest absolute Gasteiger partial charge is 0.505 e. The molecule has 3 aromatic rings. The van der Waals surface area contributed by atoms with Crippen LogP contribution < -0.4 is 4.57 Å². The third-order valence-electron chi connectivity index (χ3n) is 4.08. The number of aromatic hydroxyl groups is 1. The normalized spacial score (nSPS) is 12.8. The van der Waals surface area contributed by atoms with Crippen molar-refractivity contribution >= 4 is 5.71 Å². The molecular formula is C18H10F4N3O+. The van der Waals surface area contributed by atoms with E-state index in [0.717, 1.165) is 18.2 Å². The number of phenols is 1. The van der Waals surface area contributed by atoms with E-state index < -0.39 is 45.9 Å². The van der Waals surface area contributed by atoms with E-state index >= 15 is 0 Å². The second-order valence-corrected chi connectivity index (χ2v) is 5.58. The van der Waals surface area contributed by atoms with E-state index in [-0.39, 0.29) is 12.2 Å². The summed E-state index contributed by atoms with van der Waals surface area (Å²) in [5.41, 5.74) is -1.45. The van der Waals surface area contributed by atoms with Crippen LogP contribution in [0.1, 0.15) is 17.0 Å². The predicted molar refractivity (Wildman–Crippen MR) is 83.1 cm³/mol. The molecule has 0 bridgehead atoms. The van der Waals surface area contributed by atoms with Gasteiger partial charge in [-0.3, -0.25) is 4.99 Å². The van der Waals surface area contributed by atoms with Crippen LogP contribution in [0.5, 0.6) is 5.75 Å². The molecular weight excluding hydrogens is 350 g/mol. The van der Waals surface area contributed by atoms with Crippen LogP contribution in [-0.4, -0.2) is 15.8 Å². The number of rotatable bonds is 1. The lowest BCUT2D eigenvalue weighted by Gasteiger charge is -2.12. The van der Waals surface area contributed by atoms with E-state index in [1.165, 1.54) is 16.8 Å². The summed E-state index contributed by atoms with van der Waals surface area (Å²) in [5, 5.41) is 9.59. The molecule has 0 aliphatic carbocycles. The Morgan fingerprint density at radius 1 is 0.923 bits per heavy atom. The molecule has 0 spiro atoms. The maximum atomic E-state index is 14.7. The van der Waals surface area contributed by atoms with Crippen molar-refractivity contribution in [2.45, 2.75) is 6.54 Å². The summed E-state index contributed by atoms with van der Waals surface area (Å²) in [7, 11) is 0. The summed E-state index contributed by atoms with van der Waals surface area (Å²) in [5.74, 6) is -5.30. The zero-order valence-corrected chi connectivity index (χ0v) is 13.0. The smallest absolute Gasteiger partial charge is 0.324 e. The molecule has 0 saturated carbocycles. The number of halogens is 4. The highest BCUT2D eigenvalue weighted by molar-refractivity contribution is 6.15. The lowest BCUT2D eigenvalue weighted by atomic mass is 9.98. The third-order valence-corrected chi connectivity index (χ3v) is 4.08. The molecule has 4 rings (SSSR count). The molecule has 0 radical (unpaired) electrons. The highest BCUT2D eigenvalue weighted by atomic mass is 19.2. The van der Waals surface area contributed by atoms with Crippen molar-refractivity contribution in [2.24, 2.45) is 4.99 Å². The summed E-state index contributed by atoms with van der Waals surface area (Å²) in [6.45, 7) is -0.125. The van der Waals surface area contributed by atoms with Crippen molar-refractivity contribution in [1.82, 2.24) is 4.98 Å². The minimum absolute atomic E-state index is 0.125. The zero-order chi connectivity index (χ0) is 18.4. The number of benzene rings is 2. The van der Waals surface area contributed by atoms with E-state index in [2.05, 4.69) is 9.98 Å². The number of nitrogens with zero attached hydrogens (tertiary/aromatic N) is 3. The fourth-order valence-electron chi connectivity index (χ4n) is 2.90. The van der Waals surface area contributed by atoms with Crippen LogP contribution in [0.3, 0.4) is 0 Å². The fourth-order valence-corrected chi connectivity index (χ4v) is 2.90. The molecule has 1 aliphatic rings. The van der Waals surface area contributed by atoms with Crippen molar-refractivity contribution in [3.63, 3.8) is 0 Å². The molecule has 0 saturated heterocycles. The Balaban J connectivity index is 2.10. The minimum atomic E-state index is -1.30. The Hall–Kier alpha value is -3.29. The van der Waals surface area contributed by atoms with Crippen LogP contribution in [0.4, 0.5) is 17.6 Å². The predicted octanol–water partition coefficient (Wildman–Crippen LogP) is 2.97. The van der Waals surface area contributed by atoms with Gasteiger partial charge in [0.25, 0.3) is 0 Å². The van der Waals surface area contributed by atoms with Crippen molar-refractivity contribution in [2.75, 3.05) is 0 Å². The van der Waals surface area contributed by atoms with Gasteiger partial charge in [0, 0.05) is 6.07 Å². The molecule has 0 amide bonds. The highest BCUT2D eigenvalue weighted by Crippen LogP contribution is 2.29. The quantitative estimate of drug-likeness (QED) is 0.536. The molecule has 0 atom stereocenters. The topological polar surface area (TPSA) is 49.4 Å². The van der Waals surface area contributed by atoms with Gasteiger partial charge in [0.05, 0.1) is 16.8 Å². The fraction of sp³-hybridized carbons (Fsp3) is 0.0556. The van der Waals surface area contributed by atoms with Crippen molar-refractivity contribution in [1.29, 1.82) is 0 Å². The third kappa shape index (κ3) is 2.33. The first-order valence-corrected chi connectivity index (χ1v) is 7.55. The maximum absolute atomic E-state index is 14.7. The molecule has 0 fully saturated rings. The van der Waals surface area contributed by atoms with Crippen LogP contribution in [-0.2, 0) is 6.54 Å². The monoisotopic (exact) mass is 360 g/mol. The second-order valence-electron chi connectivity index (χ2n) is 5.58. The Bertz CT molecular complexity index is 1080. The van der Waals surface area contributed by atoms with Gasteiger partial charge in [-0.05, 0) is 24.3 Å². The van der Waals surface area contributed by atoms with Crippen LogP contribution in [0, 0.1) is 23.3 Å². The van der Waals surface area contributed by atoms with Gasteiger partial charge in [-0.15, -0.1) is 0 Å². The van der Waals surface area contributed by atoms with Crippen LogP contribution in [0.15, 0.2) is 47.7 Å². The number of hydrogen-bond acceptors (Lipinski definition) is 3. The van der Waals surface area contributed by atoms with Crippen LogP contribution in [0.2, 0.25) is 0 Å². The van der Waals surface area contributed by atoms with Crippen molar-refractivity contribution in [3.8, 4) is 11.4 Å². The highest BCUT2D eigenvalue weighted by Gasteiger charge is 2.32. The molecule has 1 aromatic heterocycles. The van der Waals surface area contributed by atoms with Gasteiger partial charge in [-0.1, -0.05) is 4.98 Å². The van der Waals surface area contributed by atoms with Crippen LogP contribution >= 0.6 is 0 Å². The van der Waals surface area contributed by atoms with Gasteiger partial charge in [0.15, 0.2) is 23.2 Å². The molecule has 2 heterocycles. The molecule has 26 heavy (non-hydrogen) atoms. The van der Waals surface area contributed by atoms with E-state index in [1.54, 1.807) is 12.3 Å². The maximum Gasteiger partial charge on any atom is 0.324 e. The van der Waals surface area contributed by atoms with Crippen molar-refractivity contribution in [3.05, 3.63) is 82.9 Å². The standard InChI is InChI=1S/C18H9F4N3O/c19-9-3-5-12(26)17(22)14(9)18-15-11(4-2-10(20)16(15)21)25-7-1-6-23-13(25)8-24-18/h1-7H,8H2/p+1. The Morgan fingerprint density at radius 2 is 1.69 bits per heavy atom. The molecule has 130 valence electrons. The first-order valence-electron chi connectivity index (χ1n) is 7.55. The Labute approximate surface area is 144 Å². The number of aromatic nitrogens is 2. The molecule has 4 nitrogen and oxygen atoms in total. The van der Waals surface area contributed by atoms with Gasteiger partial charge in [0.2, 0.25) is 0 Å². The summed E-state index contributed by atoms with van der Waals surface area (Å²) in [6.07, 6.45) is 3.05. The van der Waals surface area contributed by atoms with E-state index in [4.69, 9.17) is 0 Å². The molecule has 0 unspecified atom stereocenters. The Morgan fingerprint density at radius 3 is 2.50 bits per heavy atom. The molecule has 2 aromatic carbocycles. The van der Waals surface area contributed by atoms with Gasteiger partial charge in [-0.25, -0.2) is 17.6 Å². The van der Waals surface area contributed by atoms with Gasteiger partial charge in [0.1, 0.15) is 30.4 Å². The first-order chi connectivity index (χ1) is 12.5. The van der Waals surface area contributed by atoms with E-state index in [9.17, 15) is 22.7 Å². The van der Waals surface area contributed by atoms with Gasteiger partial charge < -0.3 is 5.11 Å². The second kappa shape index (κ2) is 5.91. The van der Waals surface area contributed by atoms with E-state index in [0.29, 0.717) is 5.82 Å². The van der Waals surface area contributed by atoms with Crippen molar-refractivity contribution < 1.29 is 27.2 Å². The molecule has 1 aliphatic heterocycles. The molecule has 1 N–H and O–H groups in total. The molecule has 8 heteroatoms. The lowest BCUT2D eigenvalue weighted by Crippen LogP contribution is -2.37. The average molecular weight is 360 g/mol. The average Bonchev–Trinajstić information content (AvgIpc) is 2.80. The first kappa shape index (κ1) is 16.2. The van der Waals surface area contributed by atoms with E-state index in [1.807, 2.05) is 0 Å². The summed E-state index contributed by atoms with van der Waals surface area (Å²) in [6, 6.07) is 5.43. The minimum Gasteiger partial charge on any atom is -0.505 e.